The average Bonchev–Trinajstić information content (AvgIpc) is 3.65. The molecule has 0 aromatic heterocycles. The largest absolute Gasteiger partial charge is 0.106 e. The first-order valence-electron chi connectivity index (χ1n) is 15.4. The van der Waals surface area contributed by atoms with Gasteiger partial charge in [-0.15, -0.1) is 0 Å². The number of allylic oxidation sites excluding steroid dienone is 2. The summed E-state index contributed by atoms with van der Waals surface area (Å²) >= 11 is 0. The Bertz CT molecular complexity index is 1500. The zero-order chi connectivity index (χ0) is 27.7. The molecule has 0 saturated carbocycles. The summed E-state index contributed by atoms with van der Waals surface area (Å²) in [6, 6.07) is 33.3. The van der Waals surface area contributed by atoms with Crippen molar-refractivity contribution in [3.63, 3.8) is 0 Å². The average molecular weight is 539 g/mol. The second-order valence-electron chi connectivity index (χ2n) is 11.9. The topological polar surface area (TPSA) is 0 Å². The van der Waals surface area contributed by atoms with Gasteiger partial charge in [0.2, 0.25) is 0 Å². The van der Waals surface area contributed by atoms with Crippen LogP contribution in [0, 0.1) is 0 Å². The Morgan fingerprint density at radius 1 is 0.550 bits per heavy atom. The molecule has 4 aromatic carbocycles. The van der Waals surface area contributed by atoms with Gasteiger partial charge in [-0.3, -0.25) is 0 Å². The molecule has 2 aliphatic rings. The Kier molecular flexibility index (Phi) is 7.51. The molecule has 0 amide bonds. The fraction of sp³-hybridized carbons (Fsp3) is 0.282. The maximum Gasteiger partial charge on any atom is 0.106 e. The molecule has 0 nitrogen and oxygen atoms in total. The summed E-state index contributed by atoms with van der Waals surface area (Å²) in [4.78, 5) is 0. The molecule has 0 radical (unpaired) electrons. The molecule has 1 heteroatoms. The smallest absolute Gasteiger partial charge is 0.0712 e. The fourth-order valence-corrected chi connectivity index (χ4v) is 11.4. The molecule has 6 rings (SSSR count). The molecule has 0 fully saturated rings. The van der Waals surface area contributed by atoms with Gasteiger partial charge in [0.25, 0.3) is 0 Å². The minimum Gasteiger partial charge on any atom is -0.0712 e. The SMILES string of the molecule is CCCC[Si](C)(C1=Cc2c(cccc2-c2ccccc2CC)C1)C1=Cc2c(cccc2-c2ccccc2CC)C1. The van der Waals surface area contributed by atoms with E-state index < -0.39 is 8.07 Å². The number of fused-ring (bicyclic) bond motifs is 2. The van der Waals surface area contributed by atoms with Gasteiger partial charge in [0.15, 0.2) is 0 Å². The van der Waals surface area contributed by atoms with Crippen LogP contribution in [0.5, 0.6) is 0 Å². The molecular weight excluding hydrogens is 497 g/mol. The van der Waals surface area contributed by atoms with Gasteiger partial charge < -0.3 is 0 Å². The van der Waals surface area contributed by atoms with E-state index in [4.69, 9.17) is 0 Å². The standard InChI is InChI=1S/C39H42Si/c1-5-8-23-40(4,32-24-30-17-13-21-36(38(30)26-32)34-19-11-9-15-28(34)6-2)33-25-31-18-14-22-37(39(31)27-33)35-20-12-10-16-29(35)7-3/h9-22,26-27H,5-8,23-25H2,1-4H3. The van der Waals surface area contributed by atoms with Crippen molar-refractivity contribution in [3.8, 4) is 22.3 Å². The highest BCUT2D eigenvalue weighted by atomic mass is 28.3. The van der Waals surface area contributed by atoms with E-state index >= 15 is 0 Å². The van der Waals surface area contributed by atoms with E-state index in [0.29, 0.717) is 0 Å². The van der Waals surface area contributed by atoms with Crippen LogP contribution in [0.3, 0.4) is 0 Å². The van der Waals surface area contributed by atoms with E-state index in [9.17, 15) is 0 Å². The Labute approximate surface area is 242 Å². The fourth-order valence-electron chi connectivity index (χ4n) is 7.16. The maximum atomic E-state index is 2.68. The monoisotopic (exact) mass is 538 g/mol. The number of benzene rings is 4. The van der Waals surface area contributed by atoms with Crippen LogP contribution in [0.25, 0.3) is 34.4 Å². The van der Waals surface area contributed by atoms with Crippen molar-refractivity contribution in [2.24, 2.45) is 0 Å². The Balaban J connectivity index is 1.44. The third-order valence-electron chi connectivity index (χ3n) is 9.62. The lowest BCUT2D eigenvalue weighted by Crippen LogP contribution is -2.36. The first-order chi connectivity index (χ1) is 19.6. The molecule has 0 bridgehead atoms. The van der Waals surface area contributed by atoms with Crippen molar-refractivity contribution in [2.45, 2.75) is 71.9 Å². The number of hydrogen-bond acceptors (Lipinski definition) is 0. The van der Waals surface area contributed by atoms with Crippen molar-refractivity contribution in [1.29, 1.82) is 0 Å². The zero-order valence-corrected chi connectivity index (χ0v) is 25.7. The van der Waals surface area contributed by atoms with Crippen LogP contribution in [0.2, 0.25) is 12.6 Å². The third-order valence-corrected chi connectivity index (χ3v) is 14.4. The number of aryl methyl sites for hydroxylation is 2. The second-order valence-corrected chi connectivity index (χ2v) is 16.4. The molecule has 0 saturated heterocycles. The molecule has 202 valence electrons. The first-order valence-corrected chi connectivity index (χ1v) is 18.1. The third kappa shape index (κ3) is 4.65. The van der Waals surface area contributed by atoms with E-state index in [-0.39, 0.29) is 0 Å². The van der Waals surface area contributed by atoms with Crippen LogP contribution in [0.4, 0.5) is 0 Å². The maximum absolute atomic E-state index is 2.68. The molecule has 2 aliphatic carbocycles. The minimum absolute atomic E-state index is 1.06. The van der Waals surface area contributed by atoms with Crippen molar-refractivity contribution < 1.29 is 0 Å². The molecule has 0 N–H and O–H groups in total. The van der Waals surface area contributed by atoms with Crippen LogP contribution in [-0.2, 0) is 25.7 Å². The second kappa shape index (κ2) is 11.2. The Morgan fingerprint density at radius 3 is 1.45 bits per heavy atom. The molecule has 40 heavy (non-hydrogen) atoms. The summed E-state index contributed by atoms with van der Waals surface area (Å²) < 4.78 is 0. The lowest BCUT2D eigenvalue weighted by molar-refractivity contribution is 0.867. The molecule has 0 aliphatic heterocycles. The molecule has 0 unspecified atom stereocenters. The highest BCUT2D eigenvalue weighted by Gasteiger charge is 2.39. The Hall–Kier alpha value is -3.42. The van der Waals surface area contributed by atoms with Crippen LogP contribution in [0.1, 0.15) is 67.0 Å². The van der Waals surface area contributed by atoms with Gasteiger partial charge in [-0.05, 0) is 81.3 Å². The van der Waals surface area contributed by atoms with Crippen LogP contribution in [0.15, 0.2) is 95.3 Å². The summed E-state index contributed by atoms with van der Waals surface area (Å²) in [5.41, 5.74) is 14.5. The van der Waals surface area contributed by atoms with Gasteiger partial charge in [0.05, 0.1) is 0 Å². The quantitative estimate of drug-likeness (QED) is 0.186. The van der Waals surface area contributed by atoms with Crippen molar-refractivity contribution >= 4 is 20.2 Å². The molecule has 4 aromatic rings. The lowest BCUT2D eigenvalue weighted by atomic mass is 9.93. The highest BCUT2D eigenvalue weighted by Crippen LogP contribution is 2.46. The predicted molar refractivity (Wildman–Crippen MR) is 177 cm³/mol. The molecule has 0 atom stereocenters. The highest BCUT2D eigenvalue weighted by molar-refractivity contribution is 6.93. The summed E-state index contributed by atoms with van der Waals surface area (Å²) in [6.07, 6.45) is 12.2. The van der Waals surface area contributed by atoms with Gasteiger partial charge >= 0.3 is 0 Å². The number of rotatable bonds is 9. The van der Waals surface area contributed by atoms with Gasteiger partial charge in [0, 0.05) is 0 Å². The van der Waals surface area contributed by atoms with E-state index in [2.05, 4.69) is 124 Å². The zero-order valence-electron chi connectivity index (χ0n) is 24.7. The van der Waals surface area contributed by atoms with E-state index in [1.54, 1.807) is 10.4 Å². The van der Waals surface area contributed by atoms with Gasteiger partial charge in [-0.1, -0.05) is 154 Å². The van der Waals surface area contributed by atoms with E-state index in [1.807, 2.05) is 0 Å². The van der Waals surface area contributed by atoms with Gasteiger partial charge in [0.1, 0.15) is 8.07 Å². The summed E-state index contributed by atoms with van der Waals surface area (Å²) in [5, 5.41) is 3.46. The number of hydrogen-bond donors (Lipinski definition) is 0. The summed E-state index contributed by atoms with van der Waals surface area (Å²) in [5.74, 6) is 0. The lowest BCUT2D eigenvalue weighted by Gasteiger charge is -2.31. The summed E-state index contributed by atoms with van der Waals surface area (Å²) in [7, 11) is -1.87. The van der Waals surface area contributed by atoms with Crippen LogP contribution < -0.4 is 0 Å². The van der Waals surface area contributed by atoms with Gasteiger partial charge in [-0.2, -0.15) is 0 Å². The van der Waals surface area contributed by atoms with E-state index in [1.165, 1.54) is 74.5 Å². The normalized spacial score (nSPS) is 14.1. The first kappa shape index (κ1) is 26.8. The number of unbranched alkanes of at least 4 members (excludes halogenated alkanes) is 1. The Morgan fingerprint density at radius 2 is 1.00 bits per heavy atom. The summed E-state index contributed by atoms with van der Waals surface area (Å²) in [6.45, 7) is 9.58. The molecular formula is C39H42Si. The van der Waals surface area contributed by atoms with Crippen LogP contribution >= 0.6 is 0 Å². The van der Waals surface area contributed by atoms with Crippen LogP contribution in [-0.4, -0.2) is 8.07 Å². The van der Waals surface area contributed by atoms with Gasteiger partial charge in [-0.25, -0.2) is 0 Å². The van der Waals surface area contributed by atoms with Crippen molar-refractivity contribution in [1.82, 2.24) is 0 Å². The van der Waals surface area contributed by atoms with Crippen molar-refractivity contribution in [3.05, 3.63) is 129 Å². The minimum atomic E-state index is -1.87. The molecule has 0 spiro atoms. The molecule has 0 heterocycles. The van der Waals surface area contributed by atoms with Crippen molar-refractivity contribution in [2.75, 3.05) is 0 Å². The van der Waals surface area contributed by atoms with E-state index in [0.717, 1.165) is 25.7 Å². The predicted octanol–water partition coefficient (Wildman–Crippen LogP) is 10.7.